The Morgan fingerprint density at radius 3 is 2.46 bits per heavy atom. The lowest BCUT2D eigenvalue weighted by Crippen LogP contribution is -2.42. The van der Waals surface area contributed by atoms with Gasteiger partial charge in [0.2, 0.25) is 17.8 Å². The first-order valence-corrected chi connectivity index (χ1v) is 14.3. The van der Waals surface area contributed by atoms with Gasteiger partial charge in [-0.3, -0.25) is 9.36 Å². The highest BCUT2D eigenvalue weighted by Gasteiger charge is 2.30. The zero-order valence-electron chi connectivity index (χ0n) is 22.4. The highest BCUT2D eigenvalue weighted by atomic mass is 35.5. The first kappa shape index (κ1) is 27.2. The molecule has 2 aromatic carbocycles. The van der Waals surface area contributed by atoms with Gasteiger partial charge in [-0.05, 0) is 62.8 Å². The molecule has 0 radical (unpaired) electrons. The topological polar surface area (TPSA) is 114 Å². The second-order valence-electron chi connectivity index (χ2n) is 10.8. The van der Waals surface area contributed by atoms with Crippen LogP contribution in [0.15, 0.2) is 48.7 Å². The number of primary amides is 1. The fraction of sp³-hybridized carbons (Fsp3) is 0.379. The molecule has 1 aliphatic carbocycles. The van der Waals surface area contributed by atoms with E-state index in [0.717, 1.165) is 38.1 Å². The van der Waals surface area contributed by atoms with Crippen LogP contribution in [0.3, 0.4) is 0 Å². The summed E-state index contributed by atoms with van der Waals surface area (Å²) in [6, 6.07) is 12.4. The average Bonchev–Trinajstić information content (AvgIpc) is 3.33. The van der Waals surface area contributed by atoms with Gasteiger partial charge in [0.25, 0.3) is 0 Å². The van der Waals surface area contributed by atoms with Crippen molar-refractivity contribution in [3.05, 3.63) is 65.3 Å². The number of nitrogens with two attached hydrogens (primary N) is 1. The number of fused-ring (bicyclic) bond motifs is 1. The summed E-state index contributed by atoms with van der Waals surface area (Å²) >= 11 is 5.83. The summed E-state index contributed by atoms with van der Waals surface area (Å²) in [5.74, 6) is -1.48. The molecule has 1 saturated heterocycles. The van der Waals surface area contributed by atoms with E-state index in [1.807, 2.05) is 22.8 Å². The normalized spacial score (nSPS) is 21.1. The summed E-state index contributed by atoms with van der Waals surface area (Å²) in [5, 5.41) is 6.28. The number of carbonyl (C=O) groups excluding carboxylic acids is 1. The van der Waals surface area contributed by atoms with Crippen LogP contribution >= 0.6 is 11.6 Å². The zero-order chi connectivity index (χ0) is 28.5. The average molecular weight is 581 g/mol. The van der Waals surface area contributed by atoms with Gasteiger partial charge in [-0.15, -0.1) is 0 Å². The van der Waals surface area contributed by atoms with Gasteiger partial charge >= 0.3 is 0 Å². The van der Waals surface area contributed by atoms with Crippen LogP contribution in [0.25, 0.3) is 11.2 Å². The highest BCUT2D eigenvalue weighted by molar-refractivity contribution is 6.30. The number of aromatic nitrogens is 4. The summed E-state index contributed by atoms with van der Waals surface area (Å²) in [4.78, 5) is 28.1. The minimum Gasteiger partial charge on any atom is -0.369 e. The van der Waals surface area contributed by atoms with Gasteiger partial charge in [-0.25, -0.2) is 18.7 Å². The van der Waals surface area contributed by atoms with Crippen LogP contribution in [0.4, 0.5) is 32.1 Å². The van der Waals surface area contributed by atoms with E-state index < -0.39 is 11.6 Å². The van der Waals surface area contributed by atoms with Gasteiger partial charge in [0.05, 0.1) is 6.20 Å². The summed E-state index contributed by atoms with van der Waals surface area (Å²) in [6.45, 7) is 1.79. The Balaban J connectivity index is 1.31. The van der Waals surface area contributed by atoms with Crippen LogP contribution in [0.2, 0.25) is 5.02 Å². The number of rotatable bonds is 7. The Bertz CT molecular complexity index is 1530. The Kier molecular flexibility index (Phi) is 7.61. The third kappa shape index (κ3) is 5.76. The molecule has 2 aliphatic rings. The monoisotopic (exact) mass is 580 g/mol. The number of anilines is 4. The van der Waals surface area contributed by atoms with E-state index in [0.29, 0.717) is 42.8 Å². The molecular weight excluding hydrogens is 550 g/mol. The first-order valence-electron chi connectivity index (χ1n) is 13.9. The molecule has 4 N–H and O–H groups in total. The number of carbonyl (C=O) groups is 1. The van der Waals surface area contributed by atoms with E-state index in [1.54, 1.807) is 6.20 Å². The van der Waals surface area contributed by atoms with Gasteiger partial charge in [-0.2, -0.15) is 4.98 Å². The molecule has 4 aromatic rings. The smallest absolute Gasteiger partial charge is 0.225 e. The van der Waals surface area contributed by atoms with Crippen LogP contribution in [-0.4, -0.2) is 44.6 Å². The standard InChI is InChI=1S/C29H31ClF2N8O/c30-18-13-22(31)25(23(32)14-18)37-29-36-24-15-34-28(35-19-5-4-12-39(16-19)20-6-2-1-3-7-20)38-27(24)40(29)21-10-8-17(9-11-21)26(33)41/h1-3,6-7,13-15,17,19,21H,4-5,8-12,16H2,(H2,33,41)(H,36,37)(H,34,35,38)/t17-,19-,21+/m1/s1. The number of benzene rings is 2. The van der Waals surface area contributed by atoms with Gasteiger partial charge in [0.15, 0.2) is 17.3 Å². The SMILES string of the molecule is NC(=O)[C@H]1CC[C@@H](n2c(Nc3c(F)cc(Cl)cc3F)nc3cnc(N[C@@H]4CCCN(c5ccccc5)C4)nc32)CC1. The van der Waals surface area contributed by atoms with E-state index in [4.69, 9.17) is 22.3 Å². The summed E-state index contributed by atoms with van der Waals surface area (Å²) in [5.41, 5.74) is 7.41. The van der Waals surface area contributed by atoms with E-state index in [9.17, 15) is 13.6 Å². The number of halogens is 3. The van der Waals surface area contributed by atoms with Crippen LogP contribution in [0, 0.1) is 17.6 Å². The molecule has 12 heteroatoms. The molecule has 0 spiro atoms. The lowest BCUT2D eigenvalue weighted by Gasteiger charge is -2.34. The maximum atomic E-state index is 14.7. The maximum Gasteiger partial charge on any atom is 0.225 e. The molecule has 1 saturated carbocycles. The Morgan fingerprint density at radius 1 is 1.02 bits per heavy atom. The van der Waals surface area contributed by atoms with Crippen molar-refractivity contribution in [2.75, 3.05) is 28.6 Å². The summed E-state index contributed by atoms with van der Waals surface area (Å²) in [7, 11) is 0. The molecule has 6 rings (SSSR count). The van der Waals surface area contributed by atoms with Crippen LogP contribution < -0.4 is 21.3 Å². The van der Waals surface area contributed by atoms with Crippen molar-refractivity contribution in [3.8, 4) is 0 Å². The van der Waals surface area contributed by atoms with Crippen molar-refractivity contribution >= 4 is 51.9 Å². The number of para-hydroxylation sites is 1. The highest BCUT2D eigenvalue weighted by Crippen LogP contribution is 2.38. The van der Waals surface area contributed by atoms with Crippen molar-refractivity contribution < 1.29 is 13.6 Å². The number of nitrogens with zero attached hydrogens (tertiary/aromatic N) is 5. The first-order chi connectivity index (χ1) is 19.9. The van der Waals surface area contributed by atoms with Crippen molar-refractivity contribution in [2.24, 2.45) is 11.7 Å². The van der Waals surface area contributed by atoms with Crippen LogP contribution in [0.1, 0.15) is 44.6 Å². The predicted molar refractivity (Wildman–Crippen MR) is 155 cm³/mol. The number of hydrogen-bond donors (Lipinski definition) is 3. The van der Waals surface area contributed by atoms with Gasteiger partial charge < -0.3 is 21.3 Å². The van der Waals surface area contributed by atoms with Crippen molar-refractivity contribution in [1.29, 1.82) is 0 Å². The number of amides is 1. The second-order valence-corrected chi connectivity index (χ2v) is 11.2. The minimum atomic E-state index is -0.834. The third-order valence-corrected chi connectivity index (χ3v) is 8.23. The molecule has 3 heterocycles. The lowest BCUT2D eigenvalue weighted by atomic mass is 9.85. The van der Waals surface area contributed by atoms with Crippen molar-refractivity contribution in [3.63, 3.8) is 0 Å². The molecule has 1 atom stereocenters. The number of piperidine rings is 1. The molecule has 9 nitrogen and oxygen atoms in total. The van der Waals surface area contributed by atoms with E-state index in [-0.39, 0.29) is 40.6 Å². The minimum absolute atomic E-state index is 0.0426. The number of nitrogens with one attached hydrogen (secondary N) is 2. The molecule has 2 aromatic heterocycles. The molecule has 0 unspecified atom stereocenters. The van der Waals surface area contributed by atoms with E-state index >= 15 is 0 Å². The second kappa shape index (κ2) is 11.5. The van der Waals surface area contributed by atoms with Crippen molar-refractivity contribution in [1.82, 2.24) is 19.5 Å². The van der Waals surface area contributed by atoms with E-state index in [2.05, 4.69) is 37.6 Å². The Labute approximate surface area is 241 Å². The van der Waals surface area contributed by atoms with Crippen LogP contribution in [-0.2, 0) is 4.79 Å². The number of hydrogen-bond acceptors (Lipinski definition) is 7. The molecule has 1 aliphatic heterocycles. The number of imidazole rings is 1. The molecular formula is C29H31ClF2N8O. The summed E-state index contributed by atoms with van der Waals surface area (Å²) in [6.07, 6.45) is 6.12. The lowest BCUT2D eigenvalue weighted by molar-refractivity contribution is -0.122. The molecule has 2 fully saturated rings. The molecule has 1 amide bonds. The van der Waals surface area contributed by atoms with Crippen LogP contribution in [0.5, 0.6) is 0 Å². The van der Waals surface area contributed by atoms with E-state index in [1.165, 1.54) is 5.69 Å². The molecule has 214 valence electrons. The fourth-order valence-corrected chi connectivity index (χ4v) is 6.13. The third-order valence-electron chi connectivity index (χ3n) is 8.02. The maximum absolute atomic E-state index is 14.7. The zero-order valence-corrected chi connectivity index (χ0v) is 23.1. The predicted octanol–water partition coefficient (Wildman–Crippen LogP) is 5.80. The molecule has 41 heavy (non-hydrogen) atoms. The Morgan fingerprint density at radius 2 is 1.76 bits per heavy atom. The summed E-state index contributed by atoms with van der Waals surface area (Å²) < 4.78 is 31.3. The van der Waals surface area contributed by atoms with Gasteiger partial charge in [-0.1, -0.05) is 29.8 Å². The van der Waals surface area contributed by atoms with Gasteiger partial charge in [0.1, 0.15) is 11.2 Å². The fourth-order valence-electron chi connectivity index (χ4n) is 5.94. The quantitative estimate of drug-likeness (QED) is 0.253. The largest absolute Gasteiger partial charge is 0.369 e. The Hall–Kier alpha value is -3.99. The van der Waals surface area contributed by atoms with Crippen molar-refractivity contribution in [2.45, 2.75) is 50.6 Å². The molecule has 0 bridgehead atoms. The van der Waals surface area contributed by atoms with Gasteiger partial charge in [0, 0.05) is 41.8 Å².